The summed E-state index contributed by atoms with van der Waals surface area (Å²) in [4.78, 5) is 0. The van der Waals surface area contributed by atoms with Gasteiger partial charge in [0.2, 0.25) is 0 Å². The monoisotopic (exact) mass is 369 g/mol. The molecule has 0 heterocycles. The maximum absolute atomic E-state index is 3.86. The fourth-order valence-corrected chi connectivity index (χ4v) is 5.05. The van der Waals surface area contributed by atoms with Gasteiger partial charge in [-0.25, -0.2) is 0 Å². The van der Waals surface area contributed by atoms with Crippen molar-refractivity contribution in [3.8, 4) is 0 Å². The van der Waals surface area contributed by atoms with E-state index in [1.165, 1.54) is 34.1 Å². The maximum Gasteiger partial charge on any atom is 0.0372 e. The summed E-state index contributed by atoms with van der Waals surface area (Å²) in [6, 6.07) is 7.36. The summed E-state index contributed by atoms with van der Waals surface area (Å²) in [6.07, 6.45) is 4.15. The molecule has 1 N–H and O–H groups in total. The lowest BCUT2D eigenvalue weighted by atomic mass is 9.69. The Labute approximate surface area is 130 Å². The highest BCUT2D eigenvalue weighted by Crippen LogP contribution is 2.65. The van der Waals surface area contributed by atoms with Crippen LogP contribution in [0, 0.1) is 27.2 Å². The summed E-state index contributed by atoms with van der Waals surface area (Å²) >= 11 is 2.39. The van der Waals surface area contributed by atoms with E-state index in [9.17, 15) is 0 Å². The van der Waals surface area contributed by atoms with Crippen molar-refractivity contribution < 1.29 is 0 Å². The molecule has 2 saturated carbocycles. The van der Waals surface area contributed by atoms with Gasteiger partial charge >= 0.3 is 0 Å². The maximum atomic E-state index is 3.86. The van der Waals surface area contributed by atoms with Gasteiger partial charge in [0.15, 0.2) is 0 Å². The van der Waals surface area contributed by atoms with Gasteiger partial charge in [-0.05, 0) is 89.3 Å². The first-order valence-electron chi connectivity index (χ1n) is 7.37. The molecule has 1 aromatic rings. The van der Waals surface area contributed by atoms with E-state index < -0.39 is 0 Å². The molecule has 2 heteroatoms. The molecule has 2 aliphatic carbocycles. The summed E-state index contributed by atoms with van der Waals surface area (Å²) in [5.74, 6) is 0.902. The summed E-state index contributed by atoms with van der Waals surface area (Å²) in [7, 11) is 0. The van der Waals surface area contributed by atoms with Crippen molar-refractivity contribution >= 4 is 28.3 Å². The van der Waals surface area contributed by atoms with Crippen LogP contribution < -0.4 is 5.32 Å². The molecule has 3 rings (SSSR count). The SMILES string of the molecule is Cc1cc(I)ccc1NC1CC2CCC1(C)C2(C)C. The lowest BCUT2D eigenvalue weighted by Crippen LogP contribution is -2.40. The van der Waals surface area contributed by atoms with Crippen LogP contribution in [-0.2, 0) is 0 Å². The van der Waals surface area contributed by atoms with Crippen LogP contribution in [0.25, 0.3) is 0 Å². The molecule has 0 radical (unpaired) electrons. The first-order chi connectivity index (χ1) is 8.84. The summed E-state index contributed by atoms with van der Waals surface area (Å²) in [5, 5.41) is 3.86. The van der Waals surface area contributed by atoms with Crippen LogP contribution in [0.15, 0.2) is 18.2 Å². The van der Waals surface area contributed by atoms with Crippen molar-refractivity contribution in [1.82, 2.24) is 0 Å². The first kappa shape index (κ1) is 13.7. The smallest absolute Gasteiger partial charge is 0.0372 e. The third kappa shape index (κ3) is 1.93. The Morgan fingerprint density at radius 3 is 2.53 bits per heavy atom. The number of fused-ring (bicyclic) bond motifs is 2. The molecule has 0 saturated heterocycles. The molecule has 1 aromatic carbocycles. The van der Waals surface area contributed by atoms with E-state index in [-0.39, 0.29) is 0 Å². The molecule has 0 aromatic heterocycles. The Balaban J connectivity index is 1.86. The molecule has 0 amide bonds. The summed E-state index contributed by atoms with van der Waals surface area (Å²) < 4.78 is 1.32. The van der Waals surface area contributed by atoms with Crippen molar-refractivity contribution in [1.29, 1.82) is 0 Å². The van der Waals surface area contributed by atoms with Gasteiger partial charge in [0, 0.05) is 15.3 Å². The third-order valence-electron chi connectivity index (χ3n) is 6.31. The summed E-state index contributed by atoms with van der Waals surface area (Å²) in [5.41, 5.74) is 3.64. The van der Waals surface area contributed by atoms with Crippen molar-refractivity contribution in [2.75, 3.05) is 5.32 Å². The second-order valence-electron chi connectivity index (χ2n) is 7.27. The van der Waals surface area contributed by atoms with E-state index in [2.05, 4.69) is 73.8 Å². The van der Waals surface area contributed by atoms with Crippen molar-refractivity contribution in [3.05, 3.63) is 27.3 Å². The van der Waals surface area contributed by atoms with E-state index in [4.69, 9.17) is 0 Å². The minimum absolute atomic E-state index is 0.451. The minimum Gasteiger partial charge on any atom is -0.382 e. The van der Waals surface area contributed by atoms with Crippen LogP contribution in [0.1, 0.15) is 45.6 Å². The normalized spacial score (nSPS) is 35.6. The lowest BCUT2D eigenvalue weighted by Gasteiger charge is -2.40. The second kappa shape index (κ2) is 4.37. The van der Waals surface area contributed by atoms with E-state index in [1.54, 1.807) is 0 Å². The van der Waals surface area contributed by atoms with Gasteiger partial charge in [0.25, 0.3) is 0 Å². The number of nitrogens with one attached hydrogen (secondary N) is 1. The molecule has 3 unspecified atom stereocenters. The largest absolute Gasteiger partial charge is 0.382 e. The molecule has 0 aliphatic heterocycles. The Kier molecular flexibility index (Phi) is 3.16. The number of rotatable bonds is 2. The Morgan fingerprint density at radius 2 is 2.00 bits per heavy atom. The number of hydrogen-bond acceptors (Lipinski definition) is 1. The number of anilines is 1. The zero-order valence-corrected chi connectivity index (χ0v) is 14.5. The molecule has 2 aliphatic rings. The molecule has 19 heavy (non-hydrogen) atoms. The molecule has 2 bridgehead atoms. The number of hydrogen-bond donors (Lipinski definition) is 1. The van der Waals surface area contributed by atoms with Crippen LogP contribution in [0.4, 0.5) is 5.69 Å². The van der Waals surface area contributed by atoms with Crippen LogP contribution >= 0.6 is 22.6 Å². The van der Waals surface area contributed by atoms with Crippen LogP contribution in [0.2, 0.25) is 0 Å². The topological polar surface area (TPSA) is 12.0 Å². The number of aryl methyl sites for hydroxylation is 1. The Bertz CT molecular complexity index is 508. The molecule has 1 nitrogen and oxygen atoms in total. The predicted molar refractivity (Wildman–Crippen MR) is 90.5 cm³/mol. The van der Waals surface area contributed by atoms with E-state index >= 15 is 0 Å². The number of benzene rings is 1. The second-order valence-corrected chi connectivity index (χ2v) is 8.51. The average molecular weight is 369 g/mol. The zero-order chi connectivity index (χ0) is 13.8. The van der Waals surface area contributed by atoms with Gasteiger partial charge in [-0.3, -0.25) is 0 Å². The van der Waals surface area contributed by atoms with Gasteiger partial charge in [0.05, 0.1) is 0 Å². The van der Waals surface area contributed by atoms with Gasteiger partial charge in [-0.2, -0.15) is 0 Å². The van der Waals surface area contributed by atoms with Gasteiger partial charge in [-0.15, -0.1) is 0 Å². The molecular weight excluding hydrogens is 345 g/mol. The fraction of sp³-hybridized carbons (Fsp3) is 0.647. The highest BCUT2D eigenvalue weighted by atomic mass is 127. The minimum atomic E-state index is 0.451. The van der Waals surface area contributed by atoms with E-state index in [0.29, 0.717) is 16.9 Å². The highest BCUT2D eigenvalue weighted by molar-refractivity contribution is 14.1. The Morgan fingerprint density at radius 1 is 1.26 bits per heavy atom. The van der Waals surface area contributed by atoms with Gasteiger partial charge < -0.3 is 5.32 Å². The van der Waals surface area contributed by atoms with Crippen LogP contribution in [-0.4, -0.2) is 6.04 Å². The molecule has 2 fully saturated rings. The summed E-state index contributed by atoms with van der Waals surface area (Å²) in [6.45, 7) is 9.67. The molecule has 104 valence electrons. The van der Waals surface area contributed by atoms with Crippen molar-refractivity contribution in [2.24, 2.45) is 16.7 Å². The van der Waals surface area contributed by atoms with Crippen LogP contribution in [0.5, 0.6) is 0 Å². The lowest BCUT2D eigenvalue weighted by molar-refractivity contribution is 0.142. The highest BCUT2D eigenvalue weighted by Gasteiger charge is 2.61. The number of halogens is 1. The van der Waals surface area contributed by atoms with E-state index in [1.807, 2.05) is 0 Å². The third-order valence-corrected chi connectivity index (χ3v) is 6.98. The molecule has 3 atom stereocenters. The fourth-order valence-electron chi connectivity index (χ4n) is 4.40. The quantitative estimate of drug-likeness (QED) is 0.705. The van der Waals surface area contributed by atoms with Crippen molar-refractivity contribution in [2.45, 2.75) is 53.0 Å². The van der Waals surface area contributed by atoms with Crippen molar-refractivity contribution in [3.63, 3.8) is 0 Å². The molecule has 0 spiro atoms. The zero-order valence-electron chi connectivity index (χ0n) is 12.4. The average Bonchev–Trinajstić information content (AvgIpc) is 2.65. The Hall–Kier alpha value is -0.250. The predicted octanol–water partition coefficient (Wildman–Crippen LogP) is 5.23. The molecular formula is C17H24IN. The van der Waals surface area contributed by atoms with Gasteiger partial charge in [0.1, 0.15) is 0 Å². The standard InChI is InChI=1S/C17H24IN/c1-11-9-13(18)5-6-14(11)19-15-10-12-7-8-17(15,4)16(12,2)3/h5-6,9,12,15,19H,7-8,10H2,1-4H3. The van der Waals surface area contributed by atoms with Gasteiger partial charge in [-0.1, -0.05) is 20.8 Å². The first-order valence-corrected chi connectivity index (χ1v) is 8.45. The van der Waals surface area contributed by atoms with E-state index in [0.717, 1.165) is 5.92 Å². The van der Waals surface area contributed by atoms with Crippen LogP contribution in [0.3, 0.4) is 0 Å².